The normalized spacial score (nSPS) is 18.9. The third-order valence-electron chi connectivity index (χ3n) is 2.80. The fourth-order valence-electron chi connectivity index (χ4n) is 1.77. The van der Waals surface area contributed by atoms with E-state index in [-0.39, 0.29) is 5.91 Å². The summed E-state index contributed by atoms with van der Waals surface area (Å²) in [7, 11) is 0. The minimum atomic E-state index is -0.936. The Labute approximate surface area is 103 Å². The summed E-state index contributed by atoms with van der Waals surface area (Å²) in [5.74, 6) is -1.20. The quantitative estimate of drug-likeness (QED) is 0.881. The lowest BCUT2D eigenvalue weighted by Gasteiger charge is -2.37. The van der Waals surface area contributed by atoms with Crippen LogP contribution in [0.5, 0.6) is 0 Å². The first-order chi connectivity index (χ1) is 8.13. The van der Waals surface area contributed by atoms with Crippen LogP contribution in [-0.4, -0.2) is 39.5 Å². The molecular weight excluding hydrogens is 240 g/mol. The van der Waals surface area contributed by atoms with Gasteiger partial charge in [-0.3, -0.25) is 4.79 Å². The summed E-state index contributed by atoms with van der Waals surface area (Å²) in [6.07, 6.45) is 2.38. The molecule has 17 heavy (non-hydrogen) atoms. The lowest BCUT2D eigenvalue weighted by atomic mass is 10.0. The van der Waals surface area contributed by atoms with Gasteiger partial charge in [-0.2, -0.15) is 0 Å². The van der Waals surface area contributed by atoms with E-state index in [0.29, 0.717) is 18.7 Å². The Bertz CT molecular complexity index is 444. The van der Waals surface area contributed by atoms with Gasteiger partial charge in [0.05, 0.1) is 5.01 Å². The minimum Gasteiger partial charge on any atom is -0.480 e. The highest BCUT2D eigenvalue weighted by Crippen LogP contribution is 2.22. The molecule has 5 nitrogen and oxygen atoms in total. The van der Waals surface area contributed by atoms with E-state index in [1.807, 2.05) is 0 Å². The molecule has 0 spiro atoms. The average Bonchev–Trinajstić information content (AvgIpc) is 2.64. The second-order valence-electron chi connectivity index (χ2n) is 4.02. The number of rotatable bonds is 4. The highest BCUT2D eigenvalue weighted by Gasteiger charge is 2.38. The third kappa shape index (κ3) is 2.31. The Morgan fingerprint density at radius 2 is 2.41 bits per heavy atom. The molecule has 1 N–H and O–H groups in total. The van der Waals surface area contributed by atoms with Crippen LogP contribution < -0.4 is 0 Å². The smallest absolute Gasteiger partial charge is 0.326 e. The topological polar surface area (TPSA) is 70.5 Å². The molecule has 2 rings (SSSR count). The number of thiazole rings is 1. The fourth-order valence-corrected chi connectivity index (χ4v) is 2.65. The molecule has 1 unspecified atom stereocenters. The van der Waals surface area contributed by atoms with Gasteiger partial charge in [-0.05, 0) is 19.3 Å². The Hall–Kier alpha value is -1.43. The van der Waals surface area contributed by atoms with Gasteiger partial charge in [0.25, 0.3) is 5.91 Å². The van der Waals surface area contributed by atoms with Crippen LogP contribution in [0.25, 0.3) is 0 Å². The number of aliphatic carboxylic acids is 1. The zero-order valence-electron chi connectivity index (χ0n) is 9.55. The van der Waals surface area contributed by atoms with Crippen LogP contribution in [0.2, 0.25) is 0 Å². The average molecular weight is 254 g/mol. The van der Waals surface area contributed by atoms with Crippen molar-refractivity contribution in [2.24, 2.45) is 0 Å². The first-order valence-corrected chi connectivity index (χ1v) is 6.49. The largest absolute Gasteiger partial charge is 0.480 e. The molecule has 1 fully saturated rings. The van der Waals surface area contributed by atoms with Crippen LogP contribution in [0.15, 0.2) is 5.38 Å². The molecular formula is C11H14N2O3S. The summed E-state index contributed by atoms with van der Waals surface area (Å²) in [5.41, 5.74) is 0.379. The van der Waals surface area contributed by atoms with Gasteiger partial charge in [-0.15, -0.1) is 11.3 Å². The molecule has 0 aromatic carbocycles. The molecule has 1 atom stereocenters. The van der Waals surface area contributed by atoms with Gasteiger partial charge >= 0.3 is 5.97 Å². The number of carbonyl (C=O) groups excluding carboxylic acids is 1. The molecule has 0 bridgehead atoms. The third-order valence-corrected chi connectivity index (χ3v) is 3.71. The molecule has 2 heterocycles. The lowest BCUT2D eigenvalue weighted by Crippen LogP contribution is -2.55. The molecule has 1 aliphatic heterocycles. The molecule has 0 radical (unpaired) electrons. The van der Waals surface area contributed by atoms with Crippen molar-refractivity contribution in [1.29, 1.82) is 0 Å². The van der Waals surface area contributed by atoms with Crippen LogP contribution in [-0.2, 0) is 11.2 Å². The Morgan fingerprint density at radius 1 is 1.65 bits per heavy atom. The summed E-state index contributed by atoms with van der Waals surface area (Å²) in [5, 5.41) is 11.5. The van der Waals surface area contributed by atoms with Crippen LogP contribution in [0.4, 0.5) is 0 Å². The van der Waals surface area contributed by atoms with Gasteiger partial charge in [0.2, 0.25) is 0 Å². The number of aromatic nitrogens is 1. The van der Waals surface area contributed by atoms with Crippen molar-refractivity contribution in [3.8, 4) is 0 Å². The zero-order chi connectivity index (χ0) is 12.4. The molecule has 1 aliphatic rings. The first kappa shape index (κ1) is 12.0. The second kappa shape index (κ2) is 4.83. The summed E-state index contributed by atoms with van der Waals surface area (Å²) in [6, 6.07) is -0.668. The van der Waals surface area contributed by atoms with Crippen molar-refractivity contribution in [2.45, 2.75) is 32.2 Å². The van der Waals surface area contributed by atoms with Gasteiger partial charge in [0.15, 0.2) is 0 Å². The van der Waals surface area contributed by atoms with E-state index in [1.54, 1.807) is 5.38 Å². The predicted octanol–water partition coefficient (Wildman–Crippen LogP) is 1.39. The van der Waals surface area contributed by atoms with Gasteiger partial charge in [-0.25, -0.2) is 9.78 Å². The Balaban J connectivity index is 2.06. The molecule has 1 aromatic rings. The van der Waals surface area contributed by atoms with Crippen molar-refractivity contribution in [1.82, 2.24) is 9.88 Å². The van der Waals surface area contributed by atoms with E-state index in [9.17, 15) is 9.59 Å². The predicted molar refractivity (Wildman–Crippen MR) is 63.2 cm³/mol. The van der Waals surface area contributed by atoms with Gasteiger partial charge in [-0.1, -0.05) is 6.92 Å². The van der Waals surface area contributed by atoms with Crippen molar-refractivity contribution in [3.63, 3.8) is 0 Å². The molecule has 1 amide bonds. The van der Waals surface area contributed by atoms with E-state index < -0.39 is 12.0 Å². The standard InChI is InChI=1S/C11H14N2O3S/c1-2-3-9-12-7(6-17-9)10(14)13-5-4-8(13)11(15)16/h6,8H,2-5H2,1H3,(H,15,16). The van der Waals surface area contributed by atoms with Crippen LogP contribution >= 0.6 is 11.3 Å². The van der Waals surface area contributed by atoms with Crippen molar-refractivity contribution in [2.75, 3.05) is 6.54 Å². The number of carboxylic acids is 1. The van der Waals surface area contributed by atoms with Crippen LogP contribution in [0.1, 0.15) is 35.3 Å². The molecule has 92 valence electrons. The fraction of sp³-hybridized carbons (Fsp3) is 0.545. The Morgan fingerprint density at radius 3 is 2.94 bits per heavy atom. The minimum absolute atomic E-state index is 0.262. The number of likely N-dealkylation sites (tertiary alicyclic amines) is 1. The molecule has 6 heteroatoms. The number of hydrogen-bond donors (Lipinski definition) is 1. The molecule has 1 aromatic heterocycles. The zero-order valence-corrected chi connectivity index (χ0v) is 10.4. The molecule has 1 saturated heterocycles. The van der Waals surface area contributed by atoms with Crippen molar-refractivity contribution >= 4 is 23.2 Å². The van der Waals surface area contributed by atoms with Crippen molar-refractivity contribution in [3.05, 3.63) is 16.1 Å². The second-order valence-corrected chi connectivity index (χ2v) is 4.96. The number of nitrogens with zero attached hydrogens (tertiary/aromatic N) is 2. The summed E-state index contributed by atoms with van der Waals surface area (Å²) >= 11 is 1.46. The summed E-state index contributed by atoms with van der Waals surface area (Å²) < 4.78 is 0. The number of hydrogen-bond acceptors (Lipinski definition) is 4. The first-order valence-electron chi connectivity index (χ1n) is 5.61. The van der Waals surface area contributed by atoms with E-state index in [1.165, 1.54) is 16.2 Å². The highest BCUT2D eigenvalue weighted by molar-refractivity contribution is 7.09. The van der Waals surface area contributed by atoms with E-state index in [0.717, 1.165) is 17.8 Å². The van der Waals surface area contributed by atoms with Gasteiger partial charge in [0, 0.05) is 11.9 Å². The maximum absolute atomic E-state index is 12.0. The van der Waals surface area contributed by atoms with Crippen LogP contribution in [0.3, 0.4) is 0 Å². The van der Waals surface area contributed by atoms with E-state index in [4.69, 9.17) is 5.11 Å². The number of aryl methyl sites for hydroxylation is 1. The SMILES string of the molecule is CCCc1nc(C(=O)N2CCC2C(=O)O)cs1. The van der Waals surface area contributed by atoms with Crippen LogP contribution in [0, 0.1) is 0 Å². The number of carboxylic acid groups (broad SMARTS) is 1. The summed E-state index contributed by atoms with van der Waals surface area (Å²) in [6.45, 7) is 2.56. The van der Waals surface area contributed by atoms with E-state index in [2.05, 4.69) is 11.9 Å². The maximum Gasteiger partial charge on any atom is 0.326 e. The Kier molecular flexibility index (Phi) is 3.42. The highest BCUT2D eigenvalue weighted by atomic mass is 32.1. The monoisotopic (exact) mass is 254 g/mol. The van der Waals surface area contributed by atoms with Gasteiger partial charge < -0.3 is 10.0 Å². The lowest BCUT2D eigenvalue weighted by molar-refractivity contribution is -0.146. The molecule has 0 saturated carbocycles. The van der Waals surface area contributed by atoms with E-state index >= 15 is 0 Å². The van der Waals surface area contributed by atoms with Crippen molar-refractivity contribution < 1.29 is 14.7 Å². The maximum atomic E-state index is 12.0. The number of carbonyl (C=O) groups is 2. The van der Waals surface area contributed by atoms with Gasteiger partial charge in [0.1, 0.15) is 11.7 Å². The number of amides is 1. The summed E-state index contributed by atoms with van der Waals surface area (Å²) in [4.78, 5) is 28.4. The molecule has 0 aliphatic carbocycles.